The Morgan fingerprint density at radius 3 is 2.79 bits per heavy atom. The number of rotatable bonds is 2. The van der Waals surface area contributed by atoms with Crippen molar-refractivity contribution in [3.8, 4) is 0 Å². The normalized spacial score (nSPS) is 13.0. The zero-order valence-electron chi connectivity index (χ0n) is 8.12. The lowest BCUT2D eigenvalue weighted by molar-refractivity contribution is 0.532. The number of nitrogen functional groups attached to an aromatic ring is 1. The Morgan fingerprint density at radius 2 is 2.29 bits per heavy atom. The van der Waals surface area contributed by atoms with E-state index in [0.29, 0.717) is 11.8 Å². The molecule has 2 rings (SSSR count). The van der Waals surface area contributed by atoms with Crippen molar-refractivity contribution in [2.24, 2.45) is 7.05 Å². The topological polar surface area (TPSA) is 74.5 Å². The minimum atomic E-state index is 0.00787. The summed E-state index contributed by atoms with van der Waals surface area (Å²) in [6.45, 7) is 1.97. The number of aromatic nitrogens is 5. The van der Waals surface area contributed by atoms with Gasteiger partial charge >= 0.3 is 0 Å². The summed E-state index contributed by atoms with van der Waals surface area (Å²) >= 11 is 0. The fourth-order valence-electron chi connectivity index (χ4n) is 1.22. The van der Waals surface area contributed by atoms with E-state index in [4.69, 9.17) is 5.73 Å². The van der Waals surface area contributed by atoms with E-state index in [1.165, 1.54) is 0 Å². The summed E-state index contributed by atoms with van der Waals surface area (Å²) in [6.07, 6.45) is 3.60. The molecule has 0 aliphatic heterocycles. The second kappa shape index (κ2) is 3.13. The van der Waals surface area contributed by atoms with Crippen LogP contribution in [0.2, 0.25) is 0 Å². The summed E-state index contributed by atoms with van der Waals surface area (Å²) < 4.78 is 3.34. The first-order chi connectivity index (χ1) is 6.68. The van der Waals surface area contributed by atoms with Gasteiger partial charge in [-0.2, -0.15) is 15.2 Å². The van der Waals surface area contributed by atoms with Gasteiger partial charge in [-0.15, -0.1) is 0 Å². The number of hydrogen-bond acceptors (Lipinski definition) is 4. The lowest BCUT2D eigenvalue weighted by Gasteiger charge is -2.06. The molecule has 0 bridgehead atoms. The predicted octanol–water partition coefficient (Wildman–Crippen LogP) is 0.203. The van der Waals surface area contributed by atoms with Crippen LogP contribution in [0.4, 0.5) is 5.95 Å². The second-order valence-corrected chi connectivity index (χ2v) is 3.11. The number of aryl methyl sites for hydroxylation is 1. The van der Waals surface area contributed by atoms with Crippen molar-refractivity contribution in [3.63, 3.8) is 0 Å². The first kappa shape index (κ1) is 8.74. The molecule has 0 aliphatic carbocycles. The highest BCUT2D eigenvalue weighted by Crippen LogP contribution is 2.12. The fraction of sp³-hybridized carbons (Fsp3) is 0.375. The zero-order chi connectivity index (χ0) is 10.1. The molecule has 2 heterocycles. The van der Waals surface area contributed by atoms with Gasteiger partial charge in [0.2, 0.25) is 5.95 Å². The summed E-state index contributed by atoms with van der Waals surface area (Å²) in [6, 6.07) is 1.87. The number of nitrogens with zero attached hydrogens (tertiary/aromatic N) is 5. The molecule has 2 aromatic heterocycles. The fourth-order valence-corrected chi connectivity index (χ4v) is 1.22. The van der Waals surface area contributed by atoms with Crippen molar-refractivity contribution < 1.29 is 0 Å². The Hall–Kier alpha value is -1.85. The van der Waals surface area contributed by atoms with Crippen LogP contribution in [0.15, 0.2) is 18.5 Å². The SMILES string of the molecule is CC(c1nc(N)n(C)n1)n1cccn1. The molecule has 0 radical (unpaired) electrons. The van der Waals surface area contributed by atoms with Gasteiger partial charge < -0.3 is 5.73 Å². The van der Waals surface area contributed by atoms with E-state index in [2.05, 4.69) is 15.2 Å². The number of hydrogen-bond donors (Lipinski definition) is 1. The van der Waals surface area contributed by atoms with E-state index in [0.717, 1.165) is 0 Å². The summed E-state index contributed by atoms with van der Waals surface area (Å²) in [4.78, 5) is 4.13. The Labute approximate surface area is 81.4 Å². The Kier molecular flexibility index (Phi) is 1.95. The van der Waals surface area contributed by atoms with Gasteiger partial charge in [0.15, 0.2) is 5.82 Å². The molecule has 74 valence electrons. The second-order valence-electron chi connectivity index (χ2n) is 3.11. The average molecular weight is 192 g/mol. The van der Waals surface area contributed by atoms with Crippen LogP contribution in [-0.2, 0) is 7.05 Å². The molecule has 0 saturated heterocycles. The van der Waals surface area contributed by atoms with Gasteiger partial charge in [0.25, 0.3) is 0 Å². The van der Waals surface area contributed by atoms with Crippen LogP contribution in [-0.4, -0.2) is 24.5 Å². The maximum Gasteiger partial charge on any atom is 0.218 e. The first-order valence-corrected chi connectivity index (χ1v) is 4.34. The molecule has 6 heteroatoms. The van der Waals surface area contributed by atoms with Crippen molar-refractivity contribution in [3.05, 3.63) is 24.3 Å². The molecular weight excluding hydrogens is 180 g/mol. The van der Waals surface area contributed by atoms with Crippen molar-refractivity contribution in [2.75, 3.05) is 5.73 Å². The van der Waals surface area contributed by atoms with Crippen LogP contribution in [0.5, 0.6) is 0 Å². The van der Waals surface area contributed by atoms with Gasteiger partial charge in [0.1, 0.15) is 6.04 Å². The highest BCUT2D eigenvalue weighted by atomic mass is 15.4. The van der Waals surface area contributed by atoms with Gasteiger partial charge in [0, 0.05) is 19.4 Å². The van der Waals surface area contributed by atoms with Gasteiger partial charge in [-0.1, -0.05) is 0 Å². The summed E-state index contributed by atoms with van der Waals surface area (Å²) in [5, 5.41) is 8.30. The van der Waals surface area contributed by atoms with Gasteiger partial charge in [-0.25, -0.2) is 4.68 Å². The third-order valence-electron chi connectivity index (χ3n) is 2.11. The smallest absolute Gasteiger partial charge is 0.218 e. The van der Waals surface area contributed by atoms with Gasteiger partial charge in [0.05, 0.1) is 0 Å². The third kappa shape index (κ3) is 1.34. The minimum Gasteiger partial charge on any atom is -0.368 e. The monoisotopic (exact) mass is 192 g/mol. The Balaban J connectivity index is 2.32. The van der Waals surface area contributed by atoms with E-state index in [9.17, 15) is 0 Å². The number of anilines is 1. The molecular formula is C8H12N6. The molecule has 1 atom stereocenters. The van der Waals surface area contributed by atoms with Crippen LogP contribution in [0, 0.1) is 0 Å². The quantitative estimate of drug-likeness (QED) is 0.737. The minimum absolute atomic E-state index is 0.00787. The lowest BCUT2D eigenvalue weighted by Crippen LogP contribution is -2.09. The molecule has 0 amide bonds. The van der Waals surface area contributed by atoms with Crippen LogP contribution in [0.3, 0.4) is 0 Å². The highest BCUT2D eigenvalue weighted by molar-refractivity contribution is 5.16. The van der Waals surface area contributed by atoms with Crippen molar-refractivity contribution in [1.29, 1.82) is 0 Å². The summed E-state index contributed by atoms with van der Waals surface area (Å²) in [5.74, 6) is 1.09. The Bertz CT molecular complexity index is 395. The van der Waals surface area contributed by atoms with E-state index >= 15 is 0 Å². The molecule has 6 nitrogen and oxygen atoms in total. The molecule has 0 aromatic carbocycles. The average Bonchev–Trinajstić information content (AvgIpc) is 2.76. The zero-order valence-corrected chi connectivity index (χ0v) is 8.12. The van der Waals surface area contributed by atoms with Crippen molar-refractivity contribution in [1.82, 2.24) is 24.5 Å². The molecule has 14 heavy (non-hydrogen) atoms. The van der Waals surface area contributed by atoms with Gasteiger partial charge in [-0.05, 0) is 13.0 Å². The van der Waals surface area contributed by atoms with Gasteiger partial charge in [-0.3, -0.25) is 4.68 Å². The third-order valence-corrected chi connectivity index (χ3v) is 2.11. The van der Waals surface area contributed by atoms with Crippen molar-refractivity contribution >= 4 is 5.95 Å². The molecule has 0 spiro atoms. The van der Waals surface area contributed by atoms with Crippen molar-refractivity contribution in [2.45, 2.75) is 13.0 Å². The van der Waals surface area contributed by atoms with Crippen LogP contribution < -0.4 is 5.73 Å². The van der Waals surface area contributed by atoms with E-state index in [-0.39, 0.29) is 6.04 Å². The molecule has 0 fully saturated rings. The summed E-state index contributed by atoms with van der Waals surface area (Å²) in [5.41, 5.74) is 5.59. The molecule has 2 N–H and O–H groups in total. The molecule has 0 aliphatic rings. The van der Waals surface area contributed by atoms with Crippen LogP contribution >= 0.6 is 0 Å². The van der Waals surface area contributed by atoms with Crippen LogP contribution in [0.1, 0.15) is 18.8 Å². The van der Waals surface area contributed by atoms with E-state index in [1.807, 2.05) is 19.2 Å². The molecule has 0 saturated carbocycles. The van der Waals surface area contributed by atoms with E-state index < -0.39 is 0 Å². The predicted molar refractivity (Wildman–Crippen MR) is 51.5 cm³/mol. The Morgan fingerprint density at radius 1 is 1.50 bits per heavy atom. The number of nitrogens with two attached hydrogens (primary N) is 1. The lowest BCUT2D eigenvalue weighted by atomic mass is 10.3. The van der Waals surface area contributed by atoms with Crippen LogP contribution in [0.25, 0.3) is 0 Å². The summed E-state index contributed by atoms with van der Waals surface area (Å²) in [7, 11) is 1.77. The maximum absolute atomic E-state index is 5.59. The standard InChI is InChI=1S/C8H12N6/c1-6(14-5-3-4-10-14)7-11-8(9)13(2)12-7/h3-6H,1-2H3,(H2,9,11,12). The molecule has 1 unspecified atom stereocenters. The first-order valence-electron chi connectivity index (χ1n) is 4.34. The van der Waals surface area contributed by atoms with E-state index in [1.54, 1.807) is 22.6 Å². The maximum atomic E-state index is 5.59. The molecule has 2 aromatic rings. The highest BCUT2D eigenvalue weighted by Gasteiger charge is 2.13. The largest absolute Gasteiger partial charge is 0.368 e.